The number of carbonyl (C=O) groups is 1. The minimum absolute atomic E-state index is 0.0557. The molecule has 1 aliphatic heterocycles. The third-order valence-electron chi connectivity index (χ3n) is 4.37. The predicted molar refractivity (Wildman–Crippen MR) is 82.3 cm³/mol. The Hall–Kier alpha value is -2.16. The summed E-state index contributed by atoms with van der Waals surface area (Å²) in [4.78, 5) is 20.2. The normalized spacial score (nSPS) is 21.0. The lowest BCUT2D eigenvalue weighted by molar-refractivity contribution is -0.123. The largest absolute Gasteiger partial charge is 0.355 e. The number of aryl methyl sites for hydroxylation is 2. The lowest BCUT2D eigenvalue weighted by Gasteiger charge is -2.20. The number of H-pyrrole nitrogens is 1. The molecule has 0 saturated carbocycles. The minimum atomic E-state index is -0.333. The highest BCUT2D eigenvalue weighted by Crippen LogP contribution is 2.36. The molecule has 1 aromatic rings. The average Bonchev–Trinajstić information content (AvgIpc) is 3.16. The molecule has 0 radical (unpaired) electrons. The number of amides is 1. The third-order valence-corrected chi connectivity index (χ3v) is 4.37. The number of carbonyl (C=O) groups excluding carboxylic acids is 1. The summed E-state index contributed by atoms with van der Waals surface area (Å²) in [6.45, 7) is 2.50. The van der Waals surface area contributed by atoms with Gasteiger partial charge in [0, 0.05) is 31.5 Å². The van der Waals surface area contributed by atoms with Crippen molar-refractivity contribution in [1.29, 1.82) is 0 Å². The summed E-state index contributed by atoms with van der Waals surface area (Å²) < 4.78 is 0. The molecule has 2 N–H and O–H groups in total. The molecule has 22 heavy (non-hydrogen) atoms. The van der Waals surface area contributed by atoms with E-state index in [0.29, 0.717) is 13.0 Å². The topological polar surface area (TPSA) is 82.5 Å². The van der Waals surface area contributed by atoms with Gasteiger partial charge in [-0.05, 0) is 26.2 Å². The van der Waals surface area contributed by atoms with Gasteiger partial charge in [0.05, 0.1) is 11.6 Å². The smallest absolute Gasteiger partial charge is 0.229 e. The van der Waals surface area contributed by atoms with E-state index in [2.05, 4.69) is 31.4 Å². The number of hydrogen-bond acceptors (Lipinski definition) is 4. The zero-order valence-electron chi connectivity index (χ0n) is 12.9. The molecule has 2 aliphatic rings. The van der Waals surface area contributed by atoms with Crippen LogP contribution >= 0.6 is 0 Å². The molecular weight excluding hydrogens is 278 g/mol. The van der Waals surface area contributed by atoms with E-state index in [1.54, 1.807) is 0 Å². The Morgan fingerprint density at radius 1 is 1.50 bits per heavy atom. The van der Waals surface area contributed by atoms with Gasteiger partial charge in [0.1, 0.15) is 5.82 Å². The highest BCUT2D eigenvalue weighted by molar-refractivity contribution is 5.83. The van der Waals surface area contributed by atoms with Crippen molar-refractivity contribution in [2.24, 2.45) is 10.2 Å². The van der Waals surface area contributed by atoms with Crippen molar-refractivity contribution in [1.82, 2.24) is 15.3 Å². The van der Waals surface area contributed by atoms with E-state index < -0.39 is 0 Å². The van der Waals surface area contributed by atoms with E-state index in [9.17, 15) is 4.79 Å². The Balaban J connectivity index is 1.52. The van der Waals surface area contributed by atoms with Crippen molar-refractivity contribution >= 4 is 5.91 Å². The molecule has 0 aromatic carbocycles. The number of fused-ring (bicyclic) bond motifs is 1. The summed E-state index contributed by atoms with van der Waals surface area (Å²) in [6, 6.07) is 0. The van der Waals surface area contributed by atoms with Crippen molar-refractivity contribution in [2.45, 2.75) is 57.0 Å². The highest BCUT2D eigenvalue weighted by atomic mass is 16.1. The number of terminal acetylenes is 1. The molecule has 1 aromatic heterocycles. The van der Waals surface area contributed by atoms with E-state index in [0.717, 1.165) is 49.3 Å². The van der Waals surface area contributed by atoms with Crippen LogP contribution in [-0.2, 0) is 11.2 Å². The Labute approximate surface area is 130 Å². The lowest BCUT2D eigenvalue weighted by atomic mass is 9.89. The first-order chi connectivity index (χ1) is 10.6. The lowest BCUT2D eigenvalue weighted by Crippen LogP contribution is -2.34. The fourth-order valence-electron chi connectivity index (χ4n) is 3.09. The Morgan fingerprint density at radius 2 is 2.32 bits per heavy atom. The maximum atomic E-state index is 12.4. The summed E-state index contributed by atoms with van der Waals surface area (Å²) in [5, 5.41) is 11.2. The molecule has 1 aliphatic carbocycles. The van der Waals surface area contributed by atoms with Crippen LogP contribution in [0.3, 0.4) is 0 Å². The number of imidazole rings is 1. The van der Waals surface area contributed by atoms with Crippen molar-refractivity contribution < 1.29 is 4.79 Å². The van der Waals surface area contributed by atoms with Crippen molar-refractivity contribution in [2.75, 3.05) is 6.54 Å². The first kappa shape index (κ1) is 14.8. The van der Waals surface area contributed by atoms with E-state index in [-0.39, 0.29) is 17.5 Å². The number of rotatable bonds is 6. The van der Waals surface area contributed by atoms with Gasteiger partial charge in [-0.2, -0.15) is 10.2 Å². The Bertz CT molecular complexity index is 633. The van der Waals surface area contributed by atoms with Crippen LogP contribution in [0.4, 0.5) is 0 Å². The fraction of sp³-hybridized carbons (Fsp3) is 0.625. The molecule has 0 spiro atoms. The first-order valence-electron chi connectivity index (χ1n) is 7.84. The van der Waals surface area contributed by atoms with Gasteiger partial charge in [0.2, 0.25) is 5.91 Å². The molecule has 1 atom stereocenters. The van der Waals surface area contributed by atoms with E-state index >= 15 is 0 Å². The van der Waals surface area contributed by atoms with Crippen LogP contribution in [0.1, 0.15) is 55.2 Å². The zero-order chi connectivity index (χ0) is 15.6. The van der Waals surface area contributed by atoms with Crippen LogP contribution in [0.5, 0.6) is 0 Å². The van der Waals surface area contributed by atoms with Gasteiger partial charge in [-0.25, -0.2) is 4.98 Å². The molecule has 0 bridgehead atoms. The number of nitrogens with one attached hydrogen (secondary N) is 2. The number of aromatic nitrogens is 2. The van der Waals surface area contributed by atoms with Crippen LogP contribution in [-0.4, -0.2) is 28.1 Å². The second-order valence-corrected chi connectivity index (χ2v) is 6.06. The van der Waals surface area contributed by atoms with Gasteiger partial charge in [-0.15, -0.1) is 12.3 Å². The van der Waals surface area contributed by atoms with E-state index in [1.807, 2.05) is 6.92 Å². The summed E-state index contributed by atoms with van der Waals surface area (Å²) in [7, 11) is 0. The molecule has 6 nitrogen and oxygen atoms in total. The van der Waals surface area contributed by atoms with Crippen LogP contribution in [0.25, 0.3) is 0 Å². The maximum absolute atomic E-state index is 12.4. The van der Waals surface area contributed by atoms with Crippen molar-refractivity contribution in [3.63, 3.8) is 0 Å². The van der Waals surface area contributed by atoms with Gasteiger partial charge < -0.3 is 10.3 Å². The van der Waals surface area contributed by atoms with Crippen molar-refractivity contribution in [3.8, 4) is 12.3 Å². The van der Waals surface area contributed by atoms with E-state index in [1.165, 1.54) is 0 Å². The summed E-state index contributed by atoms with van der Waals surface area (Å²) in [6.07, 6.45) is 10.3. The van der Waals surface area contributed by atoms with Crippen molar-refractivity contribution in [3.05, 3.63) is 17.2 Å². The molecule has 1 amide bonds. The monoisotopic (exact) mass is 299 g/mol. The quantitative estimate of drug-likeness (QED) is 0.790. The second kappa shape index (κ2) is 5.91. The summed E-state index contributed by atoms with van der Waals surface area (Å²) >= 11 is 0. The van der Waals surface area contributed by atoms with Gasteiger partial charge in [0.25, 0.3) is 0 Å². The van der Waals surface area contributed by atoms with Gasteiger partial charge >= 0.3 is 0 Å². The molecule has 6 heteroatoms. The fourth-order valence-corrected chi connectivity index (χ4v) is 3.09. The predicted octanol–water partition coefficient (Wildman–Crippen LogP) is 2.22. The molecular formula is C16H21N5O. The van der Waals surface area contributed by atoms with Gasteiger partial charge in [-0.3, -0.25) is 4.79 Å². The Morgan fingerprint density at radius 3 is 3.05 bits per heavy atom. The third kappa shape index (κ3) is 3.03. The van der Waals surface area contributed by atoms with Crippen LogP contribution < -0.4 is 5.32 Å². The van der Waals surface area contributed by atoms with Gasteiger partial charge in [-0.1, -0.05) is 0 Å². The average molecular weight is 299 g/mol. The minimum Gasteiger partial charge on any atom is -0.355 e. The number of aromatic amines is 1. The SMILES string of the molecule is C#CCCC1(CCNC(=O)C2CCCc3[nH]c(C)nc32)N=N1. The van der Waals surface area contributed by atoms with Crippen LogP contribution in [0.2, 0.25) is 0 Å². The van der Waals surface area contributed by atoms with Gasteiger partial charge in [0.15, 0.2) is 5.66 Å². The maximum Gasteiger partial charge on any atom is 0.229 e. The summed E-state index contributed by atoms with van der Waals surface area (Å²) in [5.41, 5.74) is 1.70. The molecule has 2 heterocycles. The zero-order valence-corrected chi connectivity index (χ0v) is 12.9. The summed E-state index contributed by atoms with van der Waals surface area (Å²) in [5.74, 6) is 3.41. The highest BCUT2D eigenvalue weighted by Gasteiger charge is 2.39. The molecule has 0 fully saturated rings. The van der Waals surface area contributed by atoms with E-state index in [4.69, 9.17) is 6.42 Å². The molecule has 0 saturated heterocycles. The second-order valence-electron chi connectivity index (χ2n) is 6.06. The number of hydrogen-bond donors (Lipinski definition) is 2. The molecule has 1 unspecified atom stereocenters. The molecule has 3 rings (SSSR count). The standard InChI is InChI=1S/C16H21N5O/c1-3-4-8-16(20-21-16)9-10-17-15(22)12-6-5-7-13-14(12)19-11(2)18-13/h1,12H,4-10H2,2H3,(H,17,22)(H,18,19). The molecule has 116 valence electrons. The Kier molecular flexibility index (Phi) is 3.97. The van der Waals surface area contributed by atoms with Crippen LogP contribution in [0.15, 0.2) is 10.2 Å². The van der Waals surface area contributed by atoms with Crippen LogP contribution in [0, 0.1) is 19.3 Å². The number of nitrogens with zero attached hydrogens (tertiary/aromatic N) is 3. The first-order valence-corrected chi connectivity index (χ1v) is 7.84.